The summed E-state index contributed by atoms with van der Waals surface area (Å²) in [6.45, 7) is 1.79. The standard InChI is InChI=1S/C13H12ClN5O2/c1-7-10(12(20)21-2)11(8-3-5-9(14)6-4-8)19-13(15-7)16-17-18-19/h3-6,11H,1-2H3,(H,15,16,18)/t11-/m0/s1. The van der Waals surface area contributed by atoms with Gasteiger partial charge in [0.15, 0.2) is 0 Å². The molecule has 108 valence electrons. The van der Waals surface area contributed by atoms with E-state index in [-0.39, 0.29) is 0 Å². The third-order valence-electron chi connectivity index (χ3n) is 3.31. The van der Waals surface area contributed by atoms with Crippen molar-refractivity contribution in [2.75, 3.05) is 12.4 Å². The molecular formula is C13H12ClN5O2. The van der Waals surface area contributed by atoms with E-state index in [2.05, 4.69) is 20.8 Å². The number of hydrogen-bond acceptors (Lipinski definition) is 6. The van der Waals surface area contributed by atoms with Crippen LogP contribution in [0.1, 0.15) is 18.5 Å². The highest BCUT2D eigenvalue weighted by Crippen LogP contribution is 2.34. The summed E-state index contributed by atoms with van der Waals surface area (Å²) in [5, 5.41) is 15.1. The molecule has 1 N–H and O–H groups in total. The fraction of sp³-hybridized carbons (Fsp3) is 0.231. The Morgan fingerprint density at radius 3 is 2.76 bits per heavy atom. The van der Waals surface area contributed by atoms with Crippen LogP contribution in [0, 0.1) is 0 Å². The van der Waals surface area contributed by atoms with E-state index in [9.17, 15) is 4.79 Å². The first-order chi connectivity index (χ1) is 10.1. The lowest BCUT2D eigenvalue weighted by Crippen LogP contribution is -2.29. The predicted octanol–water partition coefficient (Wildman–Crippen LogP) is 1.79. The van der Waals surface area contributed by atoms with Gasteiger partial charge in [-0.1, -0.05) is 28.8 Å². The zero-order valence-electron chi connectivity index (χ0n) is 11.4. The fourth-order valence-corrected chi connectivity index (χ4v) is 2.47. The molecule has 0 unspecified atom stereocenters. The highest BCUT2D eigenvalue weighted by Gasteiger charge is 2.34. The van der Waals surface area contributed by atoms with E-state index in [4.69, 9.17) is 16.3 Å². The van der Waals surface area contributed by atoms with Crippen LogP contribution >= 0.6 is 11.6 Å². The summed E-state index contributed by atoms with van der Waals surface area (Å²) in [5.41, 5.74) is 1.96. The van der Waals surface area contributed by atoms with Gasteiger partial charge < -0.3 is 10.1 Å². The molecule has 8 heteroatoms. The second-order valence-corrected chi connectivity index (χ2v) is 4.99. The third kappa shape index (κ3) is 2.25. The predicted molar refractivity (Wildman–Crippen MR) is 75.7 cm³/mol. The van der Waals surface area contributed by atoms with Gasteiger partial charge in [0.25, 0.3) is 0 Å². The summed E-state index contributed by atoms with van der Waals surface area (Å²) in [5.74, 6) is 0.0428. The number of nitrogens with one attached hydrogen (secondary N) is 1. The number of benzene rings is 1. The van der Waals surface area contributed by atoms with E-state index in [1.54, 1.807) is 23.7 Å². The second-order valence-electron chi connectivity index (χ2n) is 4.56. The molecule has 21 heavy (non-hydrogen) atoms. The number of esters is 1. The molecule has 3 rings (SSSR count). The molecule has 0 aliphatic carbocycles. The van der Waals surface area contributed by atoms with Gasteiger partial charge in [-0.25, -0.2) is 4.79 Å². The Kier molecular flexibility index (Phi) is 3.34. The number of rotatable bonds is 2. The lowest BCUT2D eigenvalue weighted by molar-refractivity contribution is -0.136. The topological polar surface area (TPSA) is 81.9 Å². The smallest absolute Gasteiger partial charge is 0.338 e. The van der Waals surface area contributed by atoms with Crippen molar-refractivity contribution in [1.82, 2.24) is 20.2 Å². The Labute approximate surface area is 125 Å². The minimum Gasteiger partial charge on any atom is -0.466 e. The molecule has 1 aliphatic heterocycles. The first kappa shape index (κ1) is 13.6. The molecule has 2 heterocycles. The average Bonchev–Trinajstić information content (AvgIpc) is 2.94. The number of anilines is 1. The highest BCUT2D eigenvalue weighted by molar-refractivity contribution is 6.30. The van der Waals surface area contributed by atoms with Crippen molar-refractivity contribution in [3.63, 3.8) is 0 Å². The number of ether oxygens (including phenoxy) is 1. The number of allylic oxidation sites excluding steroid dienone is 1. The molecule has 7 nitrogen and oxygen atoms in total. The van der Waals surface area contributed by atoms with Crippen LogP contribution in [0.2, 0.25) is 5.02 Å². The zero-order valence-corrected chi connectivity index (χ0v) is 12.1. The molecule has 0 amide bonds. The van der Waals surface area contributed by atoms with Gasteiger partial charge in [-0.15, -0.1) is 0 Å². The van der Waals surface area contributed by atoms with Gasteiger partial charge in [-0.2, -0.15) is 4.68 Å². The molecule has 0 radical (unpaired) electrons. The van der Waals surface area contributed by atoms with E-state index in [0.29, 0.717) is 22.2 Å². The summed E-state index contributed by atoms with van der Waals surface area (Å²) in [6.07, 6.45) is 0. The van der Waals surface area contributed by atoms with Crippen molar-refractivity contribution in [3.8, 4) is 0 Å². The maximum atomic E-state index is 12.1. The maximum Gasteiger partial charge on any atom is 0.338 e. The van der Waals surface area contributed by atoms with Crippen molar-refractivity contribution >= 4 is 23.5 Å². The number of nitrogens with zero attached hydrogens (tertiary/aromatic N) is 4. The molecule has 0 bridgehead atoms. The Bertz CT molecular complexity index is 722. The molecule has 0 fully saturated rings. The molecule has 1 aliphatic rings. The van der Waals surface area contributed by atoms with Crippen molar-refractivity contribution in [2.45, 2.75) is 13.0 Å². The van der Waals surface area contributed by atoms with Crippen LogP contribution in [-0.4, -0.2) is 33.3 Å². The van der Waals surface area contributed by atoms with Gasteiger partial charge in [0.2, 0.25) is 5.95 Å². The Balaban J connectivity index is 2.17. The van der Waals surface area contributed by atoms with Crippen molar-refractivity contribution in [2.24, 2.45) is 0 Å². The normalized spacial score (nSPS) is 17.2. The van der Waals surface area contributed by atoms with Gasteiger partial charge in [0.1, 0.15) is 6.04 Å². The number of fused-ring (bicyclic) bond motifs is 1. The van der Waals surface area contributed by atoms with Gasteiger partial charge in [-0.3, -0.25) is 0 Å². The summed E-state index contributed by atoms with van der Waals surface area (Å²) in [7, 11) is 1.34. The van der Waals surface area contributed by atoms with Crippen LogP contribution in [-0.2, 0) is 9.53 Å². The third-order valence-corrected chi connectivity index (χ3v) is 3.56. The number of carbonyl (C=O) groups excluding carboxylic acids is 1. The van der Waals surface area contributed by atoms with Crippen LogP contribution < -0.4 is 5.32 Å². The van der Waals surface area contributed by atoms with E-state index < -0.39 is 12.0 Å². The zero-order chi connectivity index (χ0) is 15.0. The summed E-state index contributed by atoms with van der Waals surface area (Å²) < 4.78 is 6.43. The van der Waals surface area contributed by atoms with Gasteiger partial charge >= 0.3 is 5.97 Å². The Morgan fingerprint density at radius 1 is 1.38 bits per heavy atom. The van der Waals surface area contributed by atoms with Crippen molar-refractivity contribution < 1.29 is 9.53 Å². The minimum absolute atomic E-state index is 0.430. The molecule has 1 aromatic heterocycles. The Morgan fingerprint density at radius 2 is 2.10 bits per heavy atom. The van der Waals surface area contributed by atoms with Crippen LogP contribution in [0.25, 0.3) is 0 Å². The van der Waals surface area contributed by atoms with E-state index in [1.807, 2.05) is 12.1 Å². The monoisotopic (exact) mass is 305 g/mol. The Hall–Kier alpha value is -2.41. The molecule has 0 saturated heterocycles. The molecule has 1 atom stereocenters. The van der Waals surface area contributed by atoms with Crippen molar-refractivity contribution in [3.05, 3.63) is 46.1 Å². The van der Waals surface area contributed by atoms with Gasteiger partial charge in [-0.05, 0) is 35.0 Å². The SMILES string of the molecule is COC(=O)C1=C(C)Nc2nnnn2[C@H]1c1ccc(Cl)cc1. The summed E-state index contributed by atoms with van der Waals surface area (Å²) in [6, 6.07) is 6.72. The lowest BCUT2D eigenvalue weighted by Gasteiger charge is -2.27. The average molecular weight is 306 g/mol. The number of tetrazole rings is 1. The number of carbonyl (C=O) groups is 1. The van der Waals surface area contributed by atoms with Crippen LogP contribution in [0.4, 0.5) is 5.95 Å². The largest absolute Gasteiger partial charge is 0.466 e. The fourth-order valence-electron chi connectivity index (χ4n) is 2.34. The highest BCUT2D eigenvalue weighted by atomic mass is 35.5. The van der Waals surface area contributed by atoms with E-state index in [0.717, 1.165) is 5.56 Å². The summed E-state index contributed by atoms with van der Waals surface area (Å²) in [4.78, 5) is 12.1. The number of halogens is 1. The molecule has 0 saturated carbocycles. The quantitative estimate of drug-likeness (QED) is 0.852. The molecule has 1 aromatic carbocycles. The second kappa shape index (κ2) is 5.17. The van der Waals surface area contributed by atoms with E-state index in [1.165, 1.54) is 7.11 Å². The van der Waals surface area contributed by atoms with E-state index >= 15 is 0 Å². The van der Waals surface area contributed by atoms with Gasteiger partial charge in [0.05, 0.1) is 12.7 Å². The number of aromatic nitrogens is 4. The number of hydrogen-bond donors (Lipinski definition) is 1. The molecule has 0 spiro atoms. The van der Waals surface area contributed by atoms with Crippen LogP contribution in [0.3, 0.4) is 0 Å². The molecule has 2 aromatic rings. The summed E-state index contributed by atoms with van der Waals surface area (Å²) >= 11 is 5.92. The first-order valence-electron chi connectivity index (χ1n) is 6.21. The lowest BCUT2D eigenvalue weighted by atomic mass is 9.96. The minimum atomic E-state index is -0.457. The van der Waals surface area contributed by atoms with Gasteiger partial charge in [0, 0.05) is 10.7 Å². The van der Waals surface area contributed by atoms with Crippen LogP contribution in [0.15, 0.2) is 35.5 Å². The first-order valence-corrected chi connectivity index (χ1v) is 6.59. The van der Waals surface area contributed by atoms with Crippen LogP contribution in [0.5, 0.6) is 0 Å². The number of methoxy groups -OCH3 is 1. The van der Waals surface area contributed by atoms with Crippen molar-refractivity contribution in [1.29, 1.82) is 0 Å². The maximum absolute atomic E-state index is 12.1. The molecular weight excluding hydrogens is 294 g/mol.